The van der Waals surface area contributed by atoms with Crippen molar-refractivity contribution in [3.05, 3.63) is 171 Å². The summed E-state index contributed by atoms with van der Waals surface area (Å²) in [5.74, 6) is -1.46. The lowest BCUT2D eigenvalue weighted by Gasteiger charge is -2.19. The van der Waals surface area contributed by atoms with Crippen LogP contribution in [0.4, 0.5) is 8.78 Å². The van der Waals surface area contributed by atoms with Crippen molar-refractivity contribution in [2.75, 3.05) is 41.4 Å². The van der Waals surface area contributed by atoms with E-state index in [1.54, 1.807) is 72.7 Å². The van der Waals surface area contributed by atoms with Gasteiger partial charge in [0.15, 0.2) is 0 Å². The molecular formula is C54H58BBrF2N8O8. The summed E-state index contributed by atoms with van der Waals surface area (Å²) in [5, 5.41) is 38.5. The molecule has 6 aromatic carbocycles. The van der Waals surface area contributed by atoms with E-state index in [1.807, 2.05) is 56.3 Å². The number of para-hydroxylation sites is 2. The van der Waals surface area contributed by atoms with Crippen molar-refractivity contribution in [2.45, 2.75) is 39.8 Å². The Balaban J connectivity index is 0.000000226. The molecule has 0 aliphatic rings. The molecule has 8 rings (SSSR count). The molecule has 8 aromatic rings. The first-order valence-electron chi connectivity index (χ1n) is 23.5. The largest absolute Gasteiger partial charge is 0.493 e. The van der Waals surface area contributed by atoms with E-state index < -0.39 is 30.6 Å². The van der Waals surface area contributed by atoms with Crippen molar-refractivity contribution in [3.8, 4) is 22.6 Å². The van der Waals surface area contributed by atoms with Gasteiger partial charge in [0.1, 0.15) is 23.1 Å². The Morgan fingerprint density at radius 2 is 1.15 bits per heavy atom. The second-order valence-electron chi connectivity index (χ2n) is 16.8. The lowest BCUT2D eigenvalue weighted by atomic mass is 9.79. The van der Waals surface area contributed by atoms with Gasteiger partial charge in [-0.2, -0.15) is 10.2 Å². The molecule has 0 fully saturated rings. The SMILES string of the molecule is CCCOc1cc(C(=O)N(C)Cc2cccc3cn[nH]c23)ccc1-c1ccc(F)c(C(=O)NC)c1.CCCOc1cc(C(=O)N(C)Cc2cccc3cn[nH]c23)ccc1Br.CNC(=O)c1cc(B(O)O)ccc1F.[2HH]. The zero-order valence-electron chi connectivity index (χ0n) is 41.6. The smallest absolute Gasteiger partial charge is 0.488 e. The Kier molecular flexibility index (Phi) is 19.6. The number of hydrogen-bond donors (Lipinski definition) is 6. The number of aromatic amines is 2. The minimum atomic E-state index is -1.71. The van der Waals surface area contributed by atoms with Crippen LogP contribution in [0.5, 0.6) is 11.5 Å². The van der Waals surface area contributed by atoms with Crippen LogP contribution in [0.15, 0.2) is 126 Å². The standard InChI is InChI=1S/C27H27FN4O3.C19H20BrN3O2.C8H9BFNO3.H2/c1-4-12-35-24-14-18(8-10-21(24)17-9-11-23(28)22(13-17)26(33)29-2)27(34)32(3)16-20-7-5-6-19-15-30-31-25(19)20;1-3-9-25-17-10-13(7-8-16(17)20)19(24)23(2)12-15-6-4-5-14-11-21-22-18(14)15;1-11-8(12)6-4-5(9(13)14)2-3-7(6)10;/h5-11,13-15H,4,12,16H2,1-3H3,(H,29,33)(H,30,31);4-8,10-11H,3,9,12H2,1-2H3,(H,21,22);2-4,13-14H,1H3,(H,11,12);1H/i;;;1+1. The van der Waals surface area contributed by atoms with Crippen molar-refractivity contribution < 1.29 is 48.9 Å². The number of nitrogens with zero attached hydrogens (tertiary/aromatic N) is 4. The minimum Gasteiger partial charge on any atom is -0.493 e. The number of fused-ring (bicyclic) bond motifs is 2. The zero-order chi connectivity index (χ0) is 53.5. The molecule has 0 atom stereocenters. The van der Waals surface area contributed by atoms with Crippen LogP contribution < -0.4 is 25.6 Å². The summed E-state index contributed by atoms with van der Waals surface area (Å²) in [7, 11) is 4.65. The number of carbonyl (C=O) groups is 4. The van der Waals surface area contributed by atoms with Gasteiger partial charge >= 0.3 is 7.12 Å². The molecule has 0 aliphatic carbocycles. The van der Waals surface area contributed by atoms with Crippen molar-refractivity contribution in [3.63, 3.8) is 0 Å². The summed E-state index contributed by atoms with van der Waals surface area (Å²) in [6.07, 6.45) is 5.23. The van der Waals surface area contributed by atoms with E-state index in [0.29, 0.717) is 60.1 Å². The van der Waals surface area contributed by atoms with E-state index in [-0.39, 0.29) is 29.8 Å². The number of hydrogen-bond acceptors (Lipinski definition) is 10. The molecule has 2 heterocycles. The van der Waals surface area contributed by atoms with Crippen molar-refractivity contribution >= 4 is 73.9 Å². The predicted octanol–water partition coefficient (Wildman–Crippen LogP) is 8.29. The van der Waals surface area contributed by atoms with Crippen molar-refractivity contribution in [2.24, 2.45) is 0 Å². The molecule has 0 radical (unpaired) electrons. The lowest BCUT2D eigenvalue weighted by molar-refractivity contribution is 0.0778. The van der Waals surface area contributed by atoms with E-state index in [0.717, 1.165) is 62.4 Å². The summed E-state index contributed by atoms with van der Waals surface area (Å²) < 4.78 is 39.7. The van der Waals surface area contributed by atoms with Gasteiger partial charge in [-0.3, -0.25) is 29.4 Å². The maximum atomic E-state index is 14.2. The van der Waals surface area contributed by atoms with Crippen LogP contribution in [0.3, 0.4) is 0 Å². The second-order valence-corrected chi connectivity index (χ2v) is 17.7. The third-order valence-corrected chi connectivity index (χ3v) is 12.1. The number of aromatic nitrogens is 4. The van der Waals surface area contributed by atoms with Gasteiger partial charge in [-0.05, 0) is 112 Å². The highest BCUT2D eigenvalue weighted by atomic mass is 79.9. The summed E-state index contributed by atoms with van der Waals surface area (Å²) in [6.45, 7) is 6.00. The van der Waals surface area contributed by atoms with Gasteiger partial charge in [-0.1, -0.05) is 62.4 Å². The molecule has 0 saturated carbocycles. The monoisotopic (exact) mass is 1080 g/mol. The molecule has 0 bridgehead atoms. The predicted molar refractivity (Wildman–Crippen MR) is 286 cm³/mol. The fourth-order valence-corrected chi connectivity index (χ4v) is 7.98. The Labute approximate surface area is 436 Å². The number of carbonyl (C=O) groups excluding carboxylic acids is 4. The molecule has 6 N–H and O–H groups in total. The fourth-order valence-electron chi connectivity index (χ4n) is 7.62. The normalized spacial score (nSPS) is 10.6. The molecule has 20 heteroatoms. The van der Waals surface area contributed by atoms with Crippen LogP contribution in [0, 0.1) is 11.6 Å². The van der Waals surface area contributed by atoms with Crippen molar-refractivity contribution in [1.82, 2.24) is 40.8 Å². The van der Waals surface area contributed by atoms with Crippen LogP contribution in [-0.4, -0.2) is 112 Å². The molecule has 74 heavy (non-hydrogen) atoms. The Bertz CT molecular complexity index is 3270. The molecule has 0 spiro atoms. The molecule has 0 aliphatic heterocycles. The number of H-pyrrole nitrogens is 2. The topological polar surface area (TPSA) is 215 Å². The number of benzene rings is 6. The quantitative estimate of drug-likeness (QED) is 0.0509. The second kappa shape index (κ2) is 26.1. The van der Waals surface area contributed by atoms with E-state index in [4.69, 9.17) is 19.5 Å². The fraction of sp³-hybridized carbons (Fsp3) is 0.222. The average Bonchev–Trinajstić information content (AvgIpc) is 4.11. The number of rotatable bonds is 16. The molecular weight excluding hydrogens is 1020 g/mol. The van der Waals surface area contributed by atoms with Crippen LogP contribution in [0.25, 0.3) is 32.9 Å². The first-order chi connectivity index (χ1) is 35.6. The van der Waals surface area contributed by atoms with Crippen molar-refractivity contribution in [1.29, 1.82) is 0 Å². The Morgan fingerprint density at radius 1 is 0.662 bits per heavy atom. The molecule has 0 unspecified atom stereocenters. The first-order valence-corrected chi connectivity index (χ1v) is 24.3. The third-order valence-electron chi connectivity index (χ3n) is 11.5. The molecule has 4 amide bonds. The van der Waals surface area contributed by atoms with Crippen LogP contribution in [0.1, 0.15) is 80.7 Å². The van der Waals surface area contributed by atoms with E-state index >= 15 is 0 Å². The lowest BCUT2D eigenvalue weighted by Crippen LogP contribution is -2.32. The number of amides is 4. The Hall–Kier alpha value is -7.94. The van der Waals surface area contributed by atoms with Gasteiger partial charge in [-0.25, -0.2) is 8.78 Å². The zero-order valence-corrected chi connectivity index (χ0v) is 43.2. The molecule has 386 valence electrons. The van der Waals surface area contributed by atoms with Crippen LogP contribution >= 0.6 is 15.9 Å². The van der Waals surface area contributed by atoms with Crippen LogP contribution in [0.2, 0.25) is 0 Å². The first kappa shape index (κ1) is 55.4. The summed E-state index contributed by atoms with van der Waals surface area (Å²) in [5.41, 5.74) is 6.03. The van der Waals surface area contributed by atoms with Gasteiger partial charge in [0.25, 0.3) is 23.6 Å². The van der Waals surface area contributed by atoms with E-state index in [9.17, 15) is 28.0 Å². The number of halogens is 3. The molecule has 16 nitrogen and oxygen atoms in total. The van der Waals surface area contributed by atoms with E-state index in [2.05, 4.69) is 47.0 Å². The summed E-state index contributed by atoms with van der Waals surface area (Å²) in [4.78, 5) is 52.6. The van der Waals surface area contributed by atoms with Gasteiger partial charge < -0.3 is 40.0 Å². The minimum absolute atomic E-state index is 0. The van der Waals surface area contributed by atoms with Crippen LogP contribution in [-0.2, 0) is 13.1 Å². The highest BCUT2D eigenvalue weighted by Gasteiger charge is 2.21. The van der Waals surface area contributed by atoms with Gasteiger partial charge in [0.2, 0.25) is 0 Å². The summed E-state index contributed by atoms with van der Waals surface area (Å²) in [6, 6.07) is 30.1. The maximum Gasteiger partial charge on any atom is 0.488 e. The average molecular weight is 1080 g/mol. The number of nitrogens with one attached hydrogen (secondary N) is 4. The third kappa shape index (κ3) is 13.8. The Morgan fingerprint density at radius 3 is 1.66 bits per heavy atom. The summed E-state index contributed by atoms with van der Waals surface area (Å²) >= 11 is 3.46. The van der Waals surface area contributed by atoms with Gasteiger partial charge in [0.05, 0.1) is 52.2 Å². The van der Waals surface area contributed by atoms with Gasteiger partial charge in [0, 0.05) is 70.2 Å². The van der Waals surface area contributed by atoms with Gasteiger partial charge in [-0.15, -0.1) is 0 Å². The number of ether oxygens (including phenoxy) is 2. The van der Waals surface area contributed by atoms with E-state index in [1.165, 1.54) is 32.3 Å². The highest BCUT2D eigenvalue weighted by Crippen LogP contribution is 2.33. The maximum absolute atomic E-state index is 14.2. The molecule has 2 aromatic heterocycles. The molecule has 0 saturated heterocycles. The highest BCUT2D eigenvalue weighted by molar-refractivity contribution is 9.10.